The number of nitrogens with one attached hydrogen (secondary N) is 1. The zero-order valence-electron chi connectivity index (χ0n) is 13.3. The van der Waals surface area contributed by atoms with Gasteiger partial charge < -0.3 is 10.6 Å². The van der Waals surface area contributed by atoms with Gasteiger partial charge in [-0.25, -0.2) is 4.39 Å². The standard InChI is InChI=1S/C19H16ClFN2OS/c20-14-8-9-15(21)16(11-14)23-18(24)12-22-19(17-7-4-10-25-17)13-5-2-1-3-6-13/h1-11,19,22H,12H2,(H,23,24)/p+1/t19-/m1/s1. The molecule has 1 heterocycles. The lowest BCUT2D eigenvalue weighted by Gasteiger charge is -2.15. The molecular formula is C19H17ClFN2OS+. The Morgan fingerprint density at radius 2 is 1.96 bits per heavy atom. The van der Waals surface area contributed by atoms with Gasteiger partial charge in [-0.05, 0) is 29.6 Å². The summed E-state index contributed by atoms with van der Waals surface area (Å²) in [6.07, 6.45) is 0. The van der Waals surface area contributed by atoms with Crippen molar-refractivity contribution in [3.63, 3.8) is 0 Å². The molecule has 0 bridgehead atoms. The molecule has 0 saturated carbocycles. The van der Waals surface area contributed by atoms with Gasteiger partial charge in [-0.15, -0.1) is 11.3 Å². The highest BCUT2D eigenvalue weighted by atomic mass is 35.5. The van der Waals surface area contributed by atoms with Gasteiger partial charge in [-0.2, -0.15) is 0 Å². The van der Waals surface area contributed by atoms with E-state index in [1.165, 1.54) is 18.2 Å². The van der Waals surface area contributed by atoms with Gasteiger partial charge in [-0.1, -0.05) is 48.0 Å². The lowest BCUT2D eigenvalue weighted by atomic mass is 10.1. The van der Waals surface area contributed by atoms with Crippen LogP contribution in [0.1, 0.15) is 16.5 Å². The van der Waals surface area contributed by atoms with Gasteiger partial charge in [0.25, 0.3) is 5.91 Å². The van der Waals surface area contributed by atoms with Crippen LogP contribution in [0.5, 0.6) is 0 Å². The van der Waals surface area contributed by atoms with Gasteiger partial charge in [0.2, 0.25) is 0 Å². The lowest BCUT2D eigenvalue weighted by molar-refractivity contribution is -0.675. The maximum Gasteiger partial charge on any atom is 0.279 e. The number of amides is 1. The van der Waals surface area contributed by atoms with Crippen LogP contribution in [0.3, 0.4) is 0 Å². The summed E-state index contributed by atoms with van der Waals surface area (Å²) in [5.74, 6) is -0.783. The molecule has 1 atom stereocenters. The average Bonchev–Trinajstić information content (AvgIpc) is 3.14. The van der Waals surface area contributed by atoms with E-state index in [0.717, 1.165) is 10.4 Å². The first kappa shape index (κ1) is 17.6. The summed E-state index contributed by atoms with van der Waals surface area (Å²) < 4.78 is 13.7. The molecule has 3 rings (SSSR count). The molecule has 128 valence electrons. The Morgan fingerprint density at radius 3 is 2.68 bits per heavy atom. The maximum atomic E-state index is 13.7. The number of hydrogen-bond acceptors (Lipinski definition) is 2. The summed E-state index contributed by atoms with van der Waals surface area (Å²) >= 11 is 7.50. The van der Waals surface area contributed by atoms with E-state index in [2.05, 4.69) is 5.32 Å². The number of halogens is 2. The van der Waals surface area contributed by atoms with E-state index in [0.29, 0.717) is 5.02 Å². The molecule has 0 fully saturated rings. The Hall–Kier alpha value is -2.21. The number of rotatable bonds is 6. The fraction of sp³-hybridized carbons (Fsp3) is 0.105. The van der Waals surface area contributed by atoms with Crippen molar-refractivity contribution in [1.82, 2.24) is 0 Å². The summed E-state index contributed by atoms with van der Waals surface area (Å²) in [7, 11) is 0. The van der Waals surface area contributed by atoms with Gasteiger partial charge in [-0.3, -0.25) is 4.79 Å². The minimum Gasteiger partial charge on any atom is -0.328 e. The summed E-state index contributed by atoms with van der Waals surface area (Å²) in [6, 6.07) is 18.1. The molecule has 0 spiro atoms. The van der Waals surface area contributed by atoms with Crippen LogP contribution >= 0.6 is 22.9 Å². The molecule has 0 aliphatic rings. The second-order valence-corrected chi connectivity index (χ2v) is 6.93. The number of quaternary nitrogens is 1. The van der Waals surface area contributed by atoms with Gasteiger partial charge in [0, 0.05) is 10.6 Å². The SMILES string of the molecule is O=C(C[NH2+][C@H](c1ccccc1)c1cccs1)Nc1cc(Cl)ccc1F. The van der Waals surface area contributed by atoms with E-state index in [-0.39, 0.29) is 24.2 Å². The summed E-state index contributed by atoms with van der Waals surface area (Å²) in [6.45, 7) is 0.170. The zero-order valence-corrected chi connectivity index (χ0v) is 14.9. The zero-order chi connectivity index (χ0) is 17.6. The van der Waals surface area contributed by atoms with E-state index >= 15 is 0 Å². The maximum absolute atomic E-state index is 13.7. The number of anilines is 1. The monoisotopic (exact) mass is 375 g/mol. The van der Waals surface area contributed by atoms with Crippen molar-refractivity contribution in [1.29, 1.82) is 0 Å². The van der Waals surface area contributed by atoms with Crippen molar-refractivity contribution < 1.29 is 14.5 Å². The van der Waals surface area contributed by atoms with E-state index in [1.807, 2.05) is 53.2 Å². The fourth-order valence-electron chi connectivity index (χ4n) is 2.56. The third-order valence-corrected chi connectivity index (χ3v) is 4.94. The van der Waals surface area contributed by atoms with Crippen molar-refractivity contribution in [3.8, 4) is 0 Å². The molecule has 3 aromatic rings. The second kappa shape index (κ2) is 8.25. The largest absolute Gasteiger partial charge is 0.328 e. The smallest absolute Gasteiger partial charge is 0.279 e. The lowest BCUT2D eigenvalue weighted by Crippen LogP contribution is -2.87. The number of hydrogen-bond donors (Lipinski definition) is 2. The minimum atomic E-state index is -0.504. The number of nitrogens with two attached hydrogens (primary N) is 1. The average molecular weight is 376 g/mol. The molecular weight excluding hydrogens is 359 g/mol. The minimum absolute atomic E-state index is 0.0242. The van der Waals surface area contributed by atoms with Crippen LogP contribution in [-0.2, 0) is 4.79 Å². The van der Waals surface area contributed by atoms with Crippen LogP contribution < -0.4 is 10.6 Å². The quantitative estimate of drug-likeness (QED) is 0.675. The molecule has 25 heavy (non-hydrogen) atoms. The molecule has 0 unspecified atom stereocenters. The topological polar surface area (TPSA) is 45.7 Å². The number of carbonyl (C=O) groups is 1. The van der Waals surface area contributed by atoms with E-state index < -0.39 is 5.82 Å². The van der Waals surface area contributed by atoms with Crippen molar-refractivity contribution >= 4 is 34.5 Å². The highest BCUT2D eigenvalue weighted by Gasteiger charge is 2.20. The number of thiophene rings is 1. The van der Waals surface area contributed by atoms with E-state index in [9.17, 15) is 9.18 Å². The highest BCUT2D eigenvalue weighted by Crippen LogP contribution is 2.22. The summed E-state index contributed by atoms with van der Waals surface area (Å²) in [5.41, 5.74) is 1.21. The molecule has 1 aromatic heterocycles. The van der Waals surface area contributed by atoms with Crippen LogP contribution in [-0.4, -0.2) is 12.5 Å². The Bertz CT molecular complexity index is 840. The molecule has 0 radical (unpaired) electrons. The predicted molar refractivity (Wildman–Crippen MR) is 99.4 cm³/mol. The molecule has 1 amide bonds. The van der Waals surface area contributed by atoms with Gasteiger partial charge >= 0.3 is 0 Å². The first-order chi connectivity index (χ1) is 12.1. The van der Waals surface area contributed by atoms with E-state index in [4.69, 9.17) is 11.6 Å². The number of carbonyl (C=O) groups excluding carboxylic acids is 1. The van der Waals surface area contributed by atoms with Gasteiger partial charge in [0.15, 0.2) is 6.54 Å². The van der Waals surface area contributed by atoms with Crippen molar-refractivity contribution in [2.45, 2.75) is 6.04 Å². The third-order valence-electron chi connectivity index (χ3n) is 3.75. The van der Waals surface area contributed by atoms with Crippen molar-refractivity contribution in [3.05, 3.63) is 87.3 Å². The Labute approximate surface area is 154 Å². The molecule has 0 aliphatic heterocycles. The van der Waals surface area contributed by atoms with Crippen LogP contribution in [0.15, 0.2) is 66.0 Å². The normalized spacial score (nSPS) is 11.9. The van der Waals surface area contributed by atoms with Gasteiger partial charge in [0.1, 0.15) is 11.9 Å². The summed E-state index contributed by atoms with van der Waals surface area (Å²) in [4.78, 5) is 13.4. The van der Waals surface area contributed by atoms with Crippen LogP contribution in [0.2, 0.25) is 5.02 Å². The molecule has 6 heteroatoms. The van der Waals surface area contributed by atoms with Gasteiger partial charge in [0.05, 0.1) is 10.6 Å². The molecule has 0 saturated heterocycles. The summed E-state index contributed by atoms with van der Waals surface area (Å²) in [5, 5.41) is 6.91. The first-order valence-corrected chi connectivity index (χ1v) is 9.06. The van der Waals surface area contributed by atoms with Crippen molar-refractivity contribution in [2.24, 2.45) is 0 Å². The van der Waals surface area contributed by atoms with Crippen molar-refractivity contribution in [2.75, 3.05) is 11.9 Å². The second-order valence-electron chi connectivity index (χ2n) is 5.52. The Kier molecular flexibility index (Phi) is 5.81. The van der Waals surface area contributed by atoms with Crippen LogP contribution in [0.25, 0.3) is 0 Å². The first-order valence-electron chi connectivity index (χ1n) is 7.80. The number of benzene rings is 2. The highest BCUT2D eigenvalue weighted by molar-refractivity contribution is 7.10. The molecule has 0 aliphatic carbocycles. The van der Waals surface area contributed by atoms with E-state index in [1.54, 1.807) is 11.3 Å². The third kappa shape index (κ3) is 4.66. The Morgan fingerprint density at radius 1 is 1.16 bits per heavy atom. The molecule has 2 aromatic carbocycles. The fourth-order valence-corrected chi connectivity index (χ4v) is 3.59. The van der Waals surface area contributed by atoms with Crippen LogP contribution in [0.4, 0.5) is 10.1 Å². The molecule has 3 nitrogen and oxygen atoms in total. The predicted octanol–water partition coefficient (Wildman–Crippen LogP) is 3.83. The van der Waals surface area contributed by atoms with Crippen LogP contribution in [0, 0.1) is 5.82 Å². The molecule has 3 N–H and O–H groups in total. The Balaban J connectivity index is 1.69.